The number of amides is 1. The second-order valence-corrected chi connectivity index (χ2v) is 5.55. The average molecular weight is 293 g/mol. The third-order valence-corrected chi connectivity index (χ3v) is 3.77. The van der Waals surface area contributed by atoms with E-state index in [2.05, 4.69) is 15.3 Å². The third-order valence-electron chi connectivity index (χ3n) is 3.77. The first-order valence-corrected chi connectivity index (χ1v) is 7.37. The number of aromatic nitrogens is 2. The number of carbonyl (C=O) groups excluding carboxylic acids is 1. The molecule has 0 radical (unpaired) electrons. The summed E-state index contributed by atoms with van der Waals surface area (Å²) in [5, 5.41) is 2.88. The molecule has 0 aliphatic heterocycles. The van der Waals surface area contributed by atoms with Gasteiger partial charge in [0.2, 0.25) is 0 Å². The van der Waals surface area contributed by atoms with Gasteiger partial charge in [0.15, 0.2) is 11.5 Å². The van der Waals surface area contributed by atoms with Crippen molar-refractivity contribution in [3.8, 4) is 0 Å². The molecule has 4 rings (SSSR count). The summed E-state index contributed by atoms with van der Waals surface area (Å²) in [6.07, 6.45) is 5.74. The molecule has 0 saturated heterocycles. The third kappa shape index (κ3) is 2.57. The van der Waals surface area contributed by atoms with Gasteiger partial charge in [-0.25, -0.2) is 4.98 Å². The molecule has 1 N–H and O–H groups in total. The molecule has 0 unspecified atom stereocenters. The van der Waals surface area contributed by atoms with Gasteiger partial charge in [0.1, 0.15) is 5.52 Å². The van der Waals surface area contributed by atoms with Crippen molar-refractivity contribution >= 4 is 17.0 Å². The lowest BCUT2D eigenvalue weighted by Crippen LogP contribution is -2.22. The predicted octanol–water partition coefficient (Wildman–Crippen LogP) is 3.03. The molecule has 1 fully saturated rings. The Labute approximate surface area is 127 Å². The number of benzene rings is 1. The smallest absolute Gasteiger partial charge is 0.251 e. The number of hydrogen-bond acceptors (Lipinski definition) is 4. The molecule has 1 aromatic carbocycles. The van der Waals surface area contributed by atoms with Crippen molar-refractivity contribution < 1.29 is 9.21 Å². The van der Waals surface area contributed by atoms with Crippen LogP contribution in [0.1, 0.15) is 40.6 Å². The maximum absolute atomic E-state index is 12.2. The lowest BCUT2D eigenvalue weighted by atomic mass is 10.2. The summed E-state index contributed by atoms with van der Waals surface area (Å²) in [6, 6.07) is 9.15. The molecule has 1 saturated carbocycles. The first-order chi connectivity index (χ1) is 10.8. The Morgan fingerprint density at radius 2 is 2.23 bits per heavy atom. The highest BCUT2D eigenvalue weighted by molar-refractivity contribution is 5.96. The fourth-order valence-corrected chi connectivity index (χ4v) is 2.38. The van der Waals surface area contributed by atoms with Crippen LogP contribution in [0.25, 0.3) is 11.1 Å². The van der Waals surface area contributed by atoms with Crippen LogP contribution in [0.15, 0.2) is 47.1 Å². The standard InChI is InChI=1S/C17H15N3O2/c21-16(19-10-11-2-1-7-18-9-11)13-5-6-14-15(8-13)22-17(20-14)12-3-4-12/h1-2,5-9,12H,3-4,10H2,(H,19,21). The second kappa shape index (κ2) is 5.26. The Bertz CT molecular complexity index is 822. The number of hydrogen-bond donors (Lipinski definition) is 1. The maximum Gasteiger partial charge on any atom is 0.251 e. The van der Waals surface area contributed by atoms with Gasteiger partial charge in [-0.05, 0) is 42.7 Å². The minimum absolute atomic E-state index is 0.130. The van der Waals surface area contributed by atoms with E-state index >= 15 is 0 Å². The maximum atomic E-state index is 12.2. The molecule has 2 heterocycles. The van der Waals surface area contributed by atoms with Crippen LogP contribution in [0, 0.1) is 0 Å². The molecule has 0 atom stereocenters. The number of oxazole rings is 1. The molecular formula is C17H15N3O2. The van der Waals surface area contributed by atoms with Gasteiger partial charge in [-0.15, -0.1) is 0 Å². The van der Waals surface area contributed by atoms with Gasteiger partial charge in [-0.1, -0.05) is 6.07 Å². The van der Waals surface area contributed by atoms with E-state index in [4.69, 9.17) is 4.42 Å². The van der Waals surface area contributed by atoms with E-state index < -0.39 is 0 Å². The average Bonchev–Trinajstić information content (AvgIpc) is 3.32. The first-order valence-electron chi connectivity index (χ1n) is 7.37. The van der Waals surface area contributed by atoms with Crippen molar-refractivity contribution in [3.63, 3.8) is 0 Å². The summed E-state index contributed by atoms with van der Waals surface area (Å²) in [4.78, 5) is 20.7. The number of carbonyl (C=O) groups is 1. The highest BCUT2D eigenvalue weighted by Crippen LogP contribution is 2.40. The summed E-state index contributed by atoms with van der Waals surface area (Å²) in [7, 11) is 0. The minimum Gasteiger partial charge on any atom is -0.440 e. The molecule has 1 aliphatic carbocycles. The van der Waals surface area contributed by atoms with E-state index in [1.54, 1.807) is 24.5 Å². The minimum atomic E-state index is -0.130. The molecule has 2 aromatic heterocycles. The lowest BCUT2D eigenvalue weighted by Gasteiger charge is -2.04. The number of rotatable bonds is 4. The molecular weight excluding hydrogens is 278 g/mol. The largest absolute Gasteiger partial charge is 0.440 e. The van der Waals surface area contributed by atoms with Gasteiger partial charge in [0, 0.05) is 30.4 Å². The van der Waals surface area contributed by atoms with Crippen molar-refractivity contribution in [3.05, 3.63) is 59.7 Å². The summed E-state index contributed by atoms with van der Waals surface area (Å²) in [5.41, 5.74) is 3.03. The van der Waals surface area contributed by atoms with Gasteiger partial charge in [0.05, 0.1) is 0 Å². The van der Waals surface area contributed by atoms with E-state index in [9.17, 15) is 4.79 Å². The summed E-state index contributed by atoms with van der Waals surface area (Å²) in [6.45, 7) is 0.453. The monoisotopic (exact) mass is 293 g/mol. The topological polar surface area (TPSA) is 68.0 Å². The normalized spacial score (nSPS) is 14.2. The Hall–Kier alpha value is -2.69. The van der Waals surface area contributed by atoms with Crippen molar-refractivity contribution in [2.75, 3.05) is 0 Å². The molecule has 0 spiro atoms. The van der Waals surface area contributed by atoms with E-state index in [1.807, 2.05) is 18.2 Å². The highest BCUT2D eigenvalue weighted by atomic mass is 16.3. The zero-order valence-corrected chi connectivity index (χ0v) is 12.0. The van der Waals surface area contributed by atoms with Crippen LogP contribution in [-0.2, 0) is 6.54 Å². The molecule has 3 aromatic rings. The summed E-state index contributed by atoms with van der Waals surface area (Å²) in [5.74, 6) is 1.13. The van der Waals surface area contributed by atoms with Crippen LogP contribution in [0.5, 0.6) is 0 Å². The summed E-state index contributed by atoms with van der Waals surface area (Å²) >= 11 is 0. The van der Waals surface area contributed by atoms with E-state index in [1.165, 1.54) is 0 Å². The molecule has 110 valence electrons. The zero-order chi connectivity index (χ0) is 14.9. The Morgan fingerprint density at radius 3 is 3.00 bits per heavy atom. The van der Waals surface area contributed by atoms with Crippen molar-refractivity contribution in [1.82, 2.24) is 15.3 Å². The van der Waals surface area contributed by atoms with Crippen LogP contribution in [0.3, 0.4) is 0 Å². The fourth-order valence-electron chi connectivity index (χ4n) is 2.38. The molecule has 5 nitrogen and oxygen atoms in total. The highest BCUT2D eigenvalue weighted by Gasteiger charge is 2.29. The SMILES string of the molecule is O=C(NCc1cccnc1)c1ccc2nc(C3CC3)oc2c1. The Kier molecular flexibility index (Phi) is 3.11. The number of pyridine rings is 1. The molecule has 5 heteroatoms. The molecule has 0 bridgehead atoms. The van der Waals surface area contributed by atoms with E-state index in [0.717, 1.165) is 29.8 Å². The van der Waals surface area contributed by atoms with E-state index in [0.29, 0.717) is 23.6 Å². The van der Waals surface area contributed by atoms with Gasteiger partial charge >= 0.3 is 0 Å². The van der Waals surface area contributed by atoms with Crippen LogP contribution >= 0.6 is 0 Å². The van der Waals surface area contributed by atoms with Crippen LogP contribution < -0.4 is 5.32 Å². The number of fused-ring (bicyclic) bond motifs is 1. The van der Waals surface area contributed by atoms with Gasteiger partial charge < -0.3 is 9.73 Å². The Balaban J connectivity index is 1.51. The zero-order valence-electron chi connectivity index (χ0n) is 12.0. The van der Waals surface area contributed by atoms with Gasteiger partial charge in [-0.3, -0.25) is 9.78 Å². The Morgan fingerprint density at radius 1 is 1.32 bits per heavy atom. The van der Waals surface area contributed by atoms with Crippen LogP contribution in [0.2, 0.25) is 0 Å². The summed E-state index contributed by atoms with van der Waals surface area (Å²) < 4.78 is 5.74. The predicted molar refractivity (Wildman–Crippen MR) is 81.4 cm³/mol. The van der Waals surface area contributed by atoms with Crippen molar-refractivity contribution in [1.29, 1.82) is 0 Å². The van der Waals surface area contributed by atoms with Crippen LogP contribution in [-0.4, -0.2) is 15.9 Å². The van der Waals surface area contributed by atoms with Crippen LogP contribution in [0.4, 0.5) is 0 Å². The molecule has 1 aliphatic rings. The van der Waals surface area contributed by atoms with Gasteiger partial charge in [-0.2, -0.15) is 0 Å². The molecule has 22 heavy (non-hydrogen) atoms. The fraction of sp³-hybridized carbons (Fsp3) is 0.235. The first kappa shape index (κ1) is 13.0. The number of nitrogens with zero attached hydrogens (tertiary/aromatic N) is 2. The quantitative estimate of drug-likeness (QED) is 0.803. The van der Waals surface area contributed by atoms with Crippen molar-refractivity contribution in [2.45, 2.75) is 25.3 Å². The van der Waals surface area contributed by atoms with E-state index in [-0.39, 0.29) is 5.91 Å². The lowest BCUT2D eigenvalue weighted by molar-refractivity contribution is 0.0951. The van der Waals surface area contributed by atoms with Gasteiger partial charge in [0.25, 0.3) is 5.91 Å². The second-order valence-electron chi connectivity index (χ2n) is 5.55. The molecule has 1 amide bonds. The van der Waals surface area contributed by atoms with Crippen molar-refractivity contribution in [2.24, 2.45) is 0 Å². The number of nitrogens with one attached hydrogen (secondary N) is 1.